The fourth-order valence-electron chi connectivity index (χ4n) is 1.95. The Hall–Kier alpha value is -0.930. The molecule has 1 aliphatic heterocycles. The molecule has 0 aromatic carbocycles. The van der Waals surface area contributed by atoms with Gasteiger partial charge in [0.25, 0.3) is 0 Å². The van der Waals surface area contributed by atoms with Crippen molar-refractivity contribution < 1.29 is 5.11 Å². The number of pyridine rings is 1. The van der Waals surface area contributed by atoms with Crippen LogP contribution in [0.15, 0.2) is 18.3 Å². The molecule has 1 saturated heterocycles. The third-order valence-electron chi connectivity index (χ3n) is 2.91. The number of aliphatic hydroxyl groups is 1. The summed E-state index contributed by atoms with van der Waals surface area (Å²) in [6.07, 6.45) is 3.98. The van der Waals surface area contributed by atoms with Gasteiger partial charge in [-0.1, -0.05) is 6.07 Å². The lowest BCUT2D eigenvalue weighted by Gasteiger charge is -2.14. The molecule has 2 rings (SSSR count). The van der Waals surface area contributed by atoms with E-state index in [4.69, 9.17) is 0 Å². The Labute approximate surface area is 90.8 Å². The lowest BCUT2D eigenvalue weighted by molar-refractivity contribution is 0.198. The molecule has 1 atom stereocenters. The minimum atomic E-state index is -0.418. The normalized spacial score (nSPS) is 19.3. The molecule has 15 heavy (non-hydrogen) atoms. The Morgan fingerprint density at radius 1 is 1.40 bits per heavy atom. The number of hydrogen-bond acceptors (Lipinski definition) is 3. The average molecular weight is 206 g/mol. The van der Waals surface area contributed by atoms with Crippen molar-refractivity contribution in [3.63, 3.8) is 0 Å². The van der Waals surface area contributed by atoms with Crippen LogP contribution in [-0.2, 0) is 6.54 Å². The molecular formula is C12H18N2O. The van der Waals surface area contributed by atoms with Crippen molar-refractivity contribution in [2.75, 3.05) is 13.1 Å². The molecule has 1 N–H and O–H groups in total. The largest absolute Gasteiger partial charge is 0.389 e. The number of hydrogen-bond donors (Lipinski definition) is 1. The van der Waals surface area contributed by atoms with Crippen LogP contribution >= 0.6 is 0 Å². The van der Waals surface area contributed by atoms with Crippen LogP contribution in [0.25, 0.3) is 0 Å². The van der Waals surface area contributed by atoms with Gasteiger partial charge < -0.3 is 5.11 Å². The summed E-state index contributed by atoms with van der Waals surface area (Å²) in [6.45, 7) is 5.09. The van der Waals surface area contributed by atoms with Gasteiger partial charge in [0.05, 0.1) is 11.8 Å². The molecule has 0 radical (unpaired) electrons. The molecule has 3 heteroatoms. The highest BCUT2D eigenvalue weighted by Crippen LogP contribution is 2.14. The Balaban J connectivity index is 1.97. The molecule has 2 heterocycles. The van der Waals surface area contributed by atoms with Gasteiger partial charge in [0, 0.05) is 12.7 Å². The summed E-state index contributed by atoms with van der Waals surface area (Å²) < 4.78 is 0. The minimum absolute atomic E-state index is 0.418. The number of aliphatic hydroxyl groups excluding tert-OH is 1. The van der Waals surface area contributed by atoms with Gasteiger partial charge in [0.2, 0.25) is 0 Å². The molecular weight excluding hydrogens is 188 g/mol. The van der Waals surface area contributed by atoms with Gasteiger partial charge in [-0.2, -0.15) is 0 Å². The summed E-state index contributed by atoms with van der Waals surface area (Å²) in [6, 6.07) is 3.98. The smallest absolute Gasteiger partial charge is 0.0776 e. The molecule has 1 unspecified atom stereocenters. The zero-order valence-corrected chi connectivity index (χ0v) is 9.19. The molecule has 3 nitrogen and oxygen atoms in total. The summed E-state index contributed by atoms with van der Waals surface area (Å²) in [5, 5.41) is 9.35. The van der Waals surface area contributed by atoms with E-state index in [-0.39, 0.29) is 0 Å². The summed E-state index contributed by atoms with van der Waals surface area (Å²) in [5.41, 5.74) is 1.99. The van der Waals surface area contributed by atoms with Crippen molar-refractivity contribution in [1.29, 1.82) is 0 Å². The number of likely N-dealkylation sites (tertiary alicyclic amines) is 1. The molecule has 0 bridgehead atoms. The van der Waals surface area contributed by atoms with Crippen molar-refractivity contribution >= 4 is 0 Å². The first-order chi connectivity index (χ1) is 7.25. The Morgan fingerprint density at radius 3 is 2.67 bits per heavy atom. The molecule has 0 aliphatic carbocycles. The highest BCUT2D eigenvalue weighted by Gasteiger charge is 2.12. The van der Waals surface area contributed by atoms with Crippen molar-refractivity contribution in [2.45, 2.75) is 32.4 Å². The molecule has 1 fully saturated rings. The topological polar surface area (TPSA) is 36.4 Å². The lowest BCUT2D eigenvalue weighted by atomic mass is 10.2. The van der Waals surface area contributed by atoms with Crippen LogP contribution in [0, 0.1) is 0 Å². The standard InChI is InChI=1S/C12H18N2O/c1-10(15)11-4-5-12(13-8-11)9-14-6-2-3-7-14/h4-5,8,10,15H,2-3,6-7,9H2,1H3. The van der Waals surface area contributed by atoms with Gasteiger partial charge in [0.1, 0.15) is 0 Å². The zero-order chi connectivity index (χ0) is 10.7. The van der Waals surface area contributed by atoms with Crippen LogP contribution in [0.5, 0.6) is 0 Å². The molecule has 82 valence electrons. The van der Waals surface area contributed by atoms with Gasteiger partial charge in [-0.05, 0) is 44.5 Å². The quantitative estimate of drug-likeness (QED) is 0.818. The average Bonchev–Trinajstić information content (AvgIpc) is 2.71. The van der Waals surface area contributed by atoms with E-state index < -0.39 is 6.10 Å². The van der Waals surface area contributed by atoms with E-state index >= 15 is 0 Å². The number of nitrogens with zero attached hydrogens (tertiary/aromatic N) is 2. The lowest BCUT2D eigenvalue weighted by Crippen LogP contribution is -2.19. The summed E-state index contributed by atoms with van der Waals surface area (Å²) in [5.74, 6) is 0. The van der Waals surface area contributed by atoms with Gasteiger partial charge in [-0.15, -0.1) is 0 Å². The summed E-state index contributed by atoms with van der Waals surface area (Å²) in [4.78, 5) is 6.78. The third kappa shape index (κ3) is 2.76. The van der Waals surface area contributed by atoms with Crippen LogP contribution in [0.3, 0.4) is 0 Å². The highest BCUT2D eigenvalue weighted by atomic mass is 16.3. The van der Waals surface area contributed by atoms with Gasteiger partial charge in [-0.3, -0.25) is 9.88 Å². The molecule has 0 spiro atoms. The second-order valence-electron chi connectivity index (χ2n) is 4.24. The van der Waals surface area contributed by atoms with E-state index in [0.29, 0.717) is 0 Å². The molecule has 1 aromatic rings. The van der Waals surface area contributed by atoms with E-state index in [1.165, 1.54) is 25.9 Å². The van der Waals surface area contributed by atoms with Gasteiger partial charge in [-0.25, -0.2) is 0 Å². The first-order valence-corrected chi connectivity index (χ1v) is 5.61. The summed E-state index contributed by atoms with van der Waals surface area (Å²) >= 11 is 0. The number of rotatable bonds is 3. The third-order valence-corrected chi connectivity index (χ3v) is 2.91. The van der Waals surface area contributed by atoms with Crippen molar-refractivity contribution in [1.82, 2.24) is 9.88 Å². The van der Waals surface area contributed by atoms with Crippen LogP contribution in [-0.4, -0.2) is 28.1 Å². The van der Waals surface area contributed by atoms with Crippen LogP contribution < -0.4 is 0 Å². The van der Waals surface area contributed by atoms with Crippen LogP contribution in [0.4, 0.5) is 0 Å². The number of aromatic nitrogens is 1. The first-order valence-electron chi connectivity index (χ1n) is 5.61. The predicted octanol–water partition coefficient (Wildman–Crippen LogP) is 1.73. The zero-order valence-electron chi connectivity index (χ0n) is 9.19. The maximum Gasteiger partial charge on any atom is 0.0776 e. The molecule has 1 aromatic heterocycles. The van der Waals surface area contributed by atoms with E-state index in [2.05, 4.69) is 9.88 Å². The fourth-order valence-corrected chi connectivity index (χ4v) is 1.95. The Morgan fingerprint density at radius 2 is 2.13 bits per heavy atom. The monoisotopic (exact) mass is 206 g/mol. The summed E-state index contributed by atoms with van der Waals surface area (Å²) in [7, 11) is 0. The van der Waals surface area contributed by atoms with Gasteiger partial charge in [0.15, 0.2) is 0 Å². The van der Waals surface area contributed by atoms with Crippen LogP contribution in [0.1, 0.15) is 37.1 Å². The molecule has 0 amide bonds. The second kappa shape index (κ2) is 4.73. The van der Waals surface area contributed by atoms with E-state index in [1.54, 1.807) is 13.1 Å². The van der Waals surface area contributed by atoms with E-state index in [9.17, 15) is 5.11 Å². The minimum Gasteiger partial charge on any atom is -0.389 e. The van der Waals surface area contributed by atoms with Crippen molar-refractivity contribution in [2.24, 2.45) is 0 Å². The molecule has 1 aliphatic rings. The van der Waals surface area contributed by atoms with E-state index in [1.807, 2.05) is 12.1 Å². The van der Waals surface area contributed by atoms with E-state index in [0.717, 1.165) is 17.8 Å². The second-order valence-corrected chi connectivity index (χ2v) is 4.24. The van der Waals surface area contributed by atoms with Gasteiger partial charge >= 0.3 is 0 Å². The van der Waals surface area contributed by atoms with Crippen molar-refractivity contribution in [3.05, 3.63) is 29.6 Å². The Kier molecular flexibility index (Phi) is 3.34. The molecule has 0 saturated carbocycles. The van der Waals surface area contributed by atoms with Crippen LogP contribution in [0.2, 0.25) is 0 Å². The Bertz CT molecular complexity index is 302. The maximum atomic E-state index is 9.35. The SMILES string of the molecule is CC(O)c1ccc(CN2CCCC2)nc1. The fraction of sp³-hybridized carbons (Fsp3) is 0.583. The maximum absolute atomic E-state index is 9.35. The predicted molar refractivity (Wildman–Crippen MR) is 59.4 cm³/mol. The van der Waals surface area contributed by atoms with Crippen molar-refractivity contribution in [3.8, 4) is 0 Å². The first kappa shape index (κ1) is 10.6. The highest BCUT2D eigenvalue weighted by molar-refractivity contribution is 5.15.